The number of aryl methyl sites for hydroxylation is 1. The summed E-state index contributed by atoms with van der Waals surface area (Å²) in [5, 5.41) is 2.89. The SMILES string of the molecule is COc1ccc(C(=O)NCCn2c(C)cnc2-c2ccncc2)c(OC)n1. The molecule has 0 saturated heterocycles. The van der Waals surface area contributed by atoms with Gasteiger partial charge in [-0.05, 0) is 25.1 Å². The molecule has 0 aliphatic heterocycles. The van der Waals surface area contributed by atoms with Gasteiger partial charge in [-0.1, -0.05) is 0 Å². The first-order valence-corrected chi connectivity index (χ1v) is 8.43. The van der Waals surface area contributed by atoms with Crippen LogP contribution < -0.4 is 14.8 Å². The van der Waals surface area contributed by atoms with Crippen LogP contribution in [-0.4, -0.2) is 46.2 Å². The average Bonchev–Trinajstić information content (AvgIpc) is 3.08. The molecule has 0 aliphatic rings. The van der Waals surface area contributed by atoms with Crippen molar-refractivity contribution >= 4 is 5.91 Å². The maximum atomic E-state index is 12.5. The number of amides is 1. The van der Waals surface area contributed by atoms with E-state index in [-0.39, 0.29) is 11.8 Å². The number of hydrogen-bond donors (Lipinski definition) is 1. The number of rotatable bonds is 7. The highest BCUT2D eigenvalue weighted by atomic mass is 16.5. The highest BCUT2D eigenvalue weighted by molar-refractivity contribution is 5.96. The topological polar surface area (TPSA) is 91.2 Å². The van der Waals surface area contributed by atoms with Crippen molar-refractivity contribution in [2.75, 3.05) is 20.8 Å². The molecule has 3 aromatic heterocycles. The minimum absolute atomic E-state index is 0.225. The molecule has 0 saturated carbocycles. The van der Waals surface area contributed by atoms with Crippen LogP contribution in [0.3, 0.4) is 0 Å². The summed E-state index contributed by atoms with van der Waals surface area (Å²) in [5.74, 6) is 1.20. The Morgan fingerprint density at radius 1 is 1.15 bits per heavy atom. The van der Waals surface area contributed by atoms with Gasteiger partial charge in [0, 0.05) is 49.0 Å². The molecule has 3 heterocycles. The molecule has 0 aromatic carbocycles. The Bertz CT molecular complexity index is 924. The van der Waals surface area contributed by atoms with Gasteiger partial charge in [-0.3, -0.25) is 9.78 Å². The highest BCUT2D eigenvalue weighted by Gasteiger charge is 2.15. The van der Waals surface area contributed by atoms with E-state index in [9.17, 15) is 4.79 Å². The predicted octanol–water partition coefficient (Wildman–Crippen LogP) is 2.10. The number of nitrogens with zero attached hydrogens (tertiary/aromatic N) is 4. The maximum Gasteiger partial charge on any atom is 0.256 e. The smallest absolute Gasteiger partial charge is 0.256 e. The molecule has 1 amide bonds. The third-order valence-electron chi connectivity index (χ3n) is 4.10. The lowest BCUT2D eigenvalue weighted by Gasteiger charge is -2.12. The first-order chi connectivity index (χ1) is 13.1. The van der Waals surface area contributed by atoms with E-state index in [1.165, 1.54) is 14.2 Å². The average molecular weight is 367 g/mol. The van der Waals surface area contributed by atoms with Crippen molar-refractivity contribution < 1.29 is 14.3 Å². The number of ether oxygens (including phenoxy) is 2. The van der Waals surface area contributed by atoms with Gasteiger partial charge in [0.1, 0.15) is 11.4 Å². The summed E-state index contributed by atoms with van der Waals surface area (Å²) >= 11 is 0. The normalized spacial score (nSPS) is 10.5. The molecule has 0 bridgehead atoms. The molecule has 0 spiro atoms. The van der Waals surface area contributed by atoms with Crippen LogP contribution in [0.15, 0.2) is 42.9 Å². The Balaban J connectivity index is 1.69. The molecule has 0 fully saturated rings. The predicted molar refractivity (Wildman–Crippen MR) is 99.9 cm³/mol. The van der Waals surface area contributed by atoms with Gasteiger partial charge in [0.25, 0.3) is 5.91 Å². The summed E-state index contributed by atoms with van der Waals surface area (Å²) in [7, 11) is 2.98. The van der Waals surface area contributed by atoms with Crippen LogP contribution in [0.5, 0.6) is 11.8 Å². The zero-order valence-corrected chi connectivity index (χ0v) is 15.5. The van der Waals surface area contributed by atoms with E-state index in [0.717, 1.165) is 17.1 Å². The van der Waals surface area contributed by atoms with E-state index < -0.39 is 0 Å². The monoisotopic (exact) mass is 367 g/mol. The second-order valence-corrected chi connectivity index (χ2v) is 5.78. The molecule has 3 rings (SSSR count). The van der Waals surface area contributed by atoms with Crippen LogP contribution in [-0.2, 0) is 6.54 Å². The molecule has 0 radical (unpaired) electrons. The Labute approximate surface area is 157 Å². The molecule has 0 unspecified atom stereocenters. The molecule has 8 heteroatoms. The number of carbonyl (C=O) groups excluding carboxylic acids is 1. The summed E-state index contributed by atoms with van der Waals surface area (Å²) in [6, 6.07) is 7.07. The first-order valence-electron chi connectivity index (χ1n) is 8.43. The van der Waals surface area contributed by atoms with Gasteiger partial charge < -0.3 is 19.4 Å². The zero-order valence-electron chi connectivity index (χ0n) is 15.5. The van der Waals surface area contributed by atoms with E-state index in [2.05, 4.69) is 24.8 Å². The molecule has 8 nitrogen and oxygen atoms in total. The van der Waals surface area contributed by atoms with Crippen molar-refractivity contribution in [3.05, 3.63) is 54.1 Å². The summed E-state index contributed by atoms with van der Waals surface area (Å²) in [5.41, 5.74) is 2.35. The van der Waals surface area contributed by atoms with Gasteiger partial charge in [-0.2, -0.15) is 4.98 Å². The van der Waals surface area contributed by atoms with E-state index in [4.69, 9.17) is 9.47 Å². The molecule has 0 aliphatic carbocycles. The van der Waals surface area contributed by atoms with E-state index >= 15 is 0 Å². The molecular weight excluding hydrogens is 346 g/mol. The van der Waals surface area contributed by atoms with E-state index in [1.54, 1.807) is 24.5 Å². The highest BCUT2D eigenvalue weighted by Crippen LogP contribution is 2.20. The lowest BCUT2D eigenvalue weighted by molar-refractivity contribution is 0.0948. The summed E-state index contributed by atoms with van der Waals surface area (Å²) < 4.78 is 12.3. The molecular formula is C19H21N5O3. The Morgan fingerprint density at radius 2 is 1.93 bits per heavy atom. The Hall–Kier alpha value is -3.42. The fraction of sp³-hybridized carbons (Fsp3) is 0.263. The van der Waals surface area contributed by atoms with Crippen LogP contribution in [0, 0.1) is 6.92 Å². The van der Waals surface area contributed by atoms with Crippen molar-refractivity contribution in [1.82, 2.24) is 24.8 Å². The third kappa shape index (κ3) is 4.05. The fourth-order valence-electron chi connectivity index (χ4n) is 2.72. The van der Waals surface area contributed by atoms with Crippen LogP contribution in [0.2, 0.25) is 0 Å². The number of imidazole rings is 1. The lowest BCUT2D eigenvalue weighted by atomic mass is 10.2. The molecule has 27 heavy (non-hydrogen) atoms. The lowest BCUT2D eigenvalue weighted by Crippen LogP contribution is -2.28. The van der Waals surface area contributed by atoms with Gasteiger partial charge in [-0.15, -0.1) is 0 Å². The number of aromatic nitrogens is 4. The van der Waals surface area contributed by atoms with Crippen LogP contribution in [0.1, 0.15) is 16.1 Å². The second kappa shape index (κ2) is 8.31. The Kier molecular flexibility index (Phi) is 5.65. The number of hydrogen-bond acceptors (Lipinski definition) is 6. The second-order valence-electron chi connectivity index (χ2n) is 5.78. The number of methoxy groups -OCH3 is 2. The van der Waals surface area contributed by atoms with E-state index in [1.807, 2.05) is 25.3 Å². The van der Waals surface area contributed by atoms with Crippen LogP contribution in [0.25, 0.3) is 11.4 Å². The van der Waals surface area contributed by atoms with Crippen molar-refractivity contribution in [3.8, 4) is 23.1 Å². The maximum absolute atomic E-state index is 12.5. The number of nitrogens with one attached hydrogen (secondary N) is 1. The molecule has 3 aromatic rings. The quantitative estimate of drug-likeness (QED) is 0.688. The first kappa shape index (κ1) is 18.4. The summed E-state index contributed by atoms with van der Waals surface area (Å²) in [4.78, 5) is 25.1. The summed E-state index contributed by atoms with van der Waals surface area (Å²) in [6.45, 7) is 3.00. The summed E-state index contributed by atoms with van der Waals surface area (Å²) in [6.07, 6.45) is 5.27. The van der Waals surface area contributed by atoms with Crippen molar-refractivity contribution in [2.24, 2.45) is 0 Å². The van der Waals surface area contributed by atoms with E-state index in [0.29, 0.717) is 24.5 Å². The van der Waals surface area contributed by atoms with Gasteiger partial charge in [-0.25, -0.2) is 4.98 Å². The van der Waals surface area contributed by atoms with Crippen molar-refractivity contribution in [2.45, 2.75) is 13.5 Å². The van der Waals surface area contributed by atoms with Crippen molar-refractivity contribution in [1.29, 1.82) is 0 Å². The van der Waals surface area contributed by atoms with Crippen LogP contribution in [0.4, 0.5) is 0 Å². The molecule has 0 atom stereocenters. The Morgan fingerprint density at radius 3 is 2.63 bits per heavy atom. The molecule has 140 valence electrons. The number of carbonyl (C=O) groups is 1. The third-order valence-corrected chi connectivity index (χ3v) is 4.10. The largest absolute Gasteiger partial charge is 0.481 e. The van der Waals surface area contributed by atoms with Gasteiger partial charge in [0.2, 0.25) is 11.8 Å². The van der Waals surface area contributed by atoms with Gasteiger partial charge in [0.05, 0.1) is 14.2 Å². The van der Waals surface area contributed by atoms with Crippen molar-refractivity contribution in [3.63, 3.8) is 0 Å². The number of pyridine rings is 2. The minimum atomic E-state index is -0.259. The van der Waals surface area contributed by atoms with Gasteiger partial charge in [0.15, 0.2) is 0 Å². The zero-order chi connectivity index (χ0) is 19.2. The minimum Gasteiger partial charge on any atom is -0.481 e. The fourth-order valence-corrected chi connectivity index (χ4v) is 2.72. The van der Waals surface area contributed by atoms with Crippen LogP contribution >= 0.6 is 0 Å². The molecule has 1 N–H and O–H groups in total. The standard InChI is InChI=1S/C19H21N5O3/c1-13-12-22-17(14-6-8-20-9-7-14)24(13)11-10-21-18(25)15-4-5-16(26-2)23-19(15)27-3/h4-9,12H,10-11H2,1-3H3,(H,21,25). The van der Waals surface area contributed by atoms with Gasteiger partial charge >= 0.3 is 0 Å².